The first-order chi connectivity index (χ1) is 9.46. The number of nitrogens with zero attached hydrogens (tertiary/aromatic N) is 1. The lowest BCUT2D eigenvalue weighted by Crippen LogP contribution is -2.34. The Hall–Kier alpha value is -1.38. The molecular formula is C12H18N2O5S. The molecule has 2 heterocycles. The van der Waals surface area contributed by atoms with E-state index in [2.05, 4.69) is 10.1 Å². The number of sulfonamides is 1. The summed E-state index contributed by atoms with van der Waals surface area (Å²) in [6.07, 6.45) is 0.750. The lowest BCUT2D eigenvalue weighted by Gasteiger charge is -2.18. The van der Waals surface area contributed by atoms with Crippen LogP contribution in [0.15, 0.2) is 15.4 Å². The van der Waals surface area contributed by atoms with Gasteiger partial charge in [-0.3, -0.25) is 0 Å². The zero-order valence-corrected chi connectivity index (χ0v) is 12.3. The molecule has 2 rings (SSSR count). The molecule has 1 aromatic rings. The summed E-state index contributed by atoms with van der Waals surface area (Å²) >= 11 is 0. The molecule has 1 aliphatic rings. The molecule has 0 saturated carbocycles. The van der Waals surface area contributed by atoms with Gasteiger partial charge in [0.05, 0.1) is 7.11 Å². The smallest absolute Gasteiger partial charge is 0.373 e. The molecule has 0 radical (unpaired) electrons. The molecule has 0 aliphatic carbocycles. The molecule has 1 aliphatic heterocycles. The minimum absolute atomic E-state index is 0.0276. The molecule has 20 heavy (non-hydrogen) atoms. The molecule has 1 N–H and O–H groups in total. The number of furan rings is 1. The van der Waals surface area contributed by atoms with Crippen molar-refractivity contribution >= 4 is 16.0 Å². The van der Waals surface area contributed by atoms with Crippen LogP contribution in [0.4, 0.5) is 0 Å². The highest BCUT2D eigenvalue weighted by molar-refractivity contribution is 7.89. The number of ether oxygens (including phenoxy) is 1. The summed E-state index contributed by atoms with van der Waals surface area (Å²) in [7, 11) is -2.43. The highest BCUT2D eigenvalue weighted by Crippen LogP contribution is 2.24. The Morgan fingerprint density at radius 1 is 1.40 bits per heavy atom. The summed E-state index contributed by atoms with van der Waals surface area (Å²) < 4.78 is 36.3. The van der Waals surface area contributed by atoms with Gasteiger partial charge in [0, 0.05) is 25.7 Å². The summed E-state index contributed by atoms with van der Waals surface area (Å²) in [5.41, 5.74) is 0. The zero-order valence-electron chi connectivity index (χ0n) is 11.5. The van der Waals surface area contributed by atoms with Crippen LogP contribution < -0.4 is 5.32 Å². The zero-order chi connectivity index (χ0) is 14.8. The Morgan fingerprint density at radius 3 is 2.85 bits per heavy atom. The van der Waals surface area contributed by atoms with Gasteiger partial charge in [0.1, 0.15) is 10.7 Å². The predicted octanol–water partition coefficient (Wildman–Crippen LogP) is 0.359. The van der Waals surface area contributed by atoms with E-state index in [0.29, 0.717) is 19.6 Å². The maximum atomic E-state index is 12.6. The minimum Gasteiger partial charge on any atom is -0.463 e. The summed E-state index contributed by atoms with van der Waals surface area (Å²) in [4.78, 5) is 11.4. The third kappa shape index (κ3) is 2.87. The van der Waals surface area contributed by atoms with Gasteiger partial charge in [-0.1, -0.05) is 0 Å². The fourth-order valence-electron chi connectivity index (χ4n) is 2.12. The van der Waals surface area contributed by atoms with E-state index in [-0.39, 0.29) is 16.4 Å². The second-order valence-electron chi connectivity index (χ2n) is 4.53. The Kier molecular flexibility index (Phi) is 4.46. The number of hydrogen-bond donors (Lipinski definition) is 1. The third-order valence-corrected chi connectivity index (χ3v) is 5.18. The first-order valence-electron chi connectivity index (χ1n) is 6.36. The normalized spacial score (nSPS) is 17.7. The largest absolute Gasteiger partial charge is 0.463 e. The van der Waals surface area contributed by atoms with Crippen molar-refractivity contribution in [3.05, 3.63) is 17.6 Å². The van der Waals surface area contributed by atoms with Gasteiger partial charge in [-0.15, -0.1) is 0 Å². The van der Waals surface area contributed by atoms with E-state index in [9.17, 15) is 13.2 Å². The average Bonchev–Trinajstić information content (AvgIpc) is 2.66. The second kappa shape index (κ2) is 5.94. The number of aryl methyl sites for hydroxylation is 1. The molecule has 0 spiro atoms. The van der Waals surface area contributed by atoms with E-state index in [1.165, 1.54) is 24.4 Å². The van der Waals surface area contributed by atoms with Crippen LogP contribution in [-0.4, -0.2) is 52.0 Å². The number of methoxy groups -OCH3 is 1. The van der Waals surface area contributed by atoms with Crippen molar-refractivity contribution in [2.24, 2.45) is 0 Å². The van der Waals surface area contributed by atoms with Gasteiger partial charge in [-0.25, -0.2) is 13.2 Å². The van der Waals surface area contributed by atoms with Crippen LogP contribution in [0.3, 0.4) is 0 Å². The minimum atomic E-state index is -3.65. The monoisotopic (exact) mass is 302 g/mol. The van der Waals surface area contributed by atoms with E-state index in [1.54, 1.807) is 0 Å². The standard InChI is InChI=1S/C12H18N2O5S/c1-9-11(8-10(19-9)12(15)18-2)20(16,17)14-6-3-4-13-5-7-14/h8,13H,3-7H2,1-2H3. The second-order valence-corrected chi connectivity index (χ2v) is 6.44. The van der Waals surface area contributed by atoms with Crippen molar-refractivity contribution in [1.82, 2.24) is 9.62 Å². The van der Waals surface area contributed by atoms with Crippen LogP contribution in [0.2, 0.25) is 0 Å². The molecule has 8 heteroatoms. The Morgan fingerprint density at radius 2 is 2.15 bits per heavy atom. The third-order valence-electron chi connectivity index (χ3n) is 3.18. The molecule has 1 saturated heterocycles. The molecule has 112 valence electrons. The molecular weight excluding hydrogens is 284 g/mol. The van der Waals surface area contributed by atoms with Crippen molar-refractivity contribution < 1.29 is 22.4 Å². The van der Waals surface area contributed by atoms with Gasteiger partial charge in [-0.05, 0) is 19.9 Å². The summed E-state index contributed by atoms with van der Waals surface area (Å²) in [5.74, 6) is -0.591. The van der Waals surface area contributed by atoms with Crippen LogP contribution in [0.25, 0.3) is 0 Å². The molecule has 0 bridgehead atoms. The van der Waals surface area contributed by atoms with Gasteiger partial charge >= 0.3 is 5.97 Å². The van der Waals surface area contributed by atoms with Gasteiger partial charge < -0.3 is 14.5 Å². The number of rotatable bonds is 3. The van der Waals surface area contributed by atoms with Crippen molar-refractivity contribution in [1.29, 1.82) is 0 Å². The summed E-state index contributed by atoms with van der Waals surface area (Å²) in [5, 5.41) is 3.14. The maximum absolute atomic E-state index is 12.6. The van der Waals surface area contributed by atoms with Crippen LogP contribution in [0.1, 0.15) is 22.7 Å². The Balaban J connectivity index is 2.33. The fraction of sp³-hybridized carbons (Fsp3) is 0.583. The van der Waals surface area contributed by atoms with Crippen LogP contribution in [-0.2, 0) is 14.8 Å². The molecule has 1 aromatic heterocycles. The molecule has 0 amide bonds. The van der Waals surface area contributed by atoms with E-state index in [0.717, 1.165) is 13.0 Å². The highest BCUT2D eigenvalue weighted by Gasteiger charge is 2.30. The van der Waals surface area contributed by atoms with Crippen molar-refractivity contribution in [2.45, 2.75) is 18.2 Å². The quantitative estimate of drug-likeness (QED) is 0.811. The van der Waals surface area contributed by atoms with E-state index in [1.807, 2.05) is 0 Å². The van der Waals surface area contributed by atoms with Crippen molar-refractivity contribution in [2.75, 3.05) is 33.3 Å². The average molecular weight is 302 g/mol. The lowest BCUT2D eigenvalue weighted by atomic mass is 10.4. The fourth-order valence-corrected chi connectivity index (χ4v) is 3.76. The topological polar surface area (TPSA) is 88.9 Å². The number of carbonyl (C=O) groups excluding carboxylic acids is 1. The van der Waals surface area contributed by atoms with E-state index >= 15 is 0 Å². The first kappa shape index (κ1) is 15.0. The number of hydrogen-bond acceptors (Lipinski definition) is 6. The van der Waals surface area contributed by atoms with Crippen molar-refractivity contribution in [3.63, 3.8) is 0 Å². The van der Waals surface area contributed by atoms with Crippen molar-refractivity contribution in [3.8, 4) is 0 Å². The molecule has 7 nitrogen and oxygen atoms in total. The number of esters is 1. The predicted molar refractivity (Wildman–Crippen MR) is 71.0 cm³/mol. The van der Waals surface area contributed by atoms with E-state index in [4.69, 9.17) is 4.42 Å². The summed E-state index contributed by atoms with van der Waals surface area (Å²) in [6.45, 7) is 3.78. The SMILES string of the molecule is COC(=O)c1cc(S(=O)(=O)N2CCCNCC2)c(C)o1. The highest BCUT2D eigenvalue weighted by atomic mass is 32.2. The van der Waals surface area contributed by atoms with E-state index < -0.39 is 16.0 Å². The van der Waals surface area contributed by atoms with Gasteiger partial charge in [0.2, 0.25) is 15.8 Å². The molecule has 0 aromatic carbocycles. The lowest BCUT2D eigenvalue weighted by molar-refractivity contribution is 0.0563. The van der Waals surface area contributed by atoms with Gasteiger partial charge in [-0.2, -0.15) is 4.31 Å². The Labute approximate surface area is 117 Å². The number of nitrogens with one attached hydrogen (secondary N) is 1. The first-order valence-corrected chi connectivity index (χ1v) is 7.80. The summed E-state index contributed by atoms with van der Waals surface area (Å²) in [6, 6.07) is 1.23. The van der Waals surface area contributed by atoms with Gasteiger partial charge in [0.25, 0.3) is 0 Å². The maximum Gasteiger partial charge on any atom is 0.373 e. The number of carbonyl (C=O) groups is 1. The molecule has 1 fully saturated rings. The van der Waals surface area contributed by atoms with Crippen LogP contribution >= 0.6 is 0 Å². The van der Waals surface area contributed by atoms with Crippen LogP contribution in [0.5, 0.6) is 0 Å². The molecule has 0 unspecified atom stereocenters. The van der Waals surface area contributed by atoms with Gasteiger partial charge in [0.15, 0.2) is 0 Å². The Bertz CT molecular complexity index is 585. The van der Waals surface area contributed by atoms with Crippen LogP contribution in [0, 0.1) is 6.92 Å². The molecule has 0 atom stereocenters.